The quantitative estimate of drug-likeness (QED) is 0.263. The molecule has 0 aliphatic carbocycles. The number of nitrogens with one attached hydrogen (secondary N) is 1. The second kappa shape index (κ2) is 8.99. The Balaban J connectivity index is 1.64. The summed E-state index contributed by atoms with van der Waals surface area (Å²) in [4.78, 5) is 40.2. The molecule has 154 valence electrons. The smallest absolute Gasteiger partial charge is 0.352 e. The van der Waals surface area contributed by atoms with E-state index < -0.39 is 45.2 Å². The van der Waals surface area contributed by atoms with E-state index >= 15 is 0 Å². The Bertz CT molecular complexity index is 941. The molecule has 0 saturated carbocycles. The van der Waals surface area contributed by atoms with Gasteiger partial charge in [0.1, 0.15) is 17.1 Å². The third-order valence-corrected chi connectivity index (χ3v) is 8.64. The van der Waals surface area contributed by atoms with Crippen molar-refractivity contribution >= 4 is 51.7 Å². The number of carbonyl (C=O) groups is 3. The van der Waals surface area contributed by atoms with Crippen LogP contribution in [0.15, 0.2) is 38.1 Å². The van der Waals surface area contributed by atoms with Crippen LogP contribution < -0.4 is 5.32 Å². The van der Waals surface area contributed by atoms with Crippen LogP contribution in [0.25, 0.3) is 10.4 Å². The number of fused-ring (bicyclic) bond motifs is 1. The van der Waals surface area contributed by atoms with Gasteiger partial charge in [-0.05, 0) is 29.5 Å². The molecule has 29 heavy (non-hydrogen) atoms. The maximum absolute atomic E-state index is 12.5. The van der Waals surface area contributed by atoms with Crippen molar-refractivity contribution in [1.82, 2.24) is 10.2 Å². The van der Waals surface area contributed by atoms with Crippen LogP contribution in [0.5, 0.6) is 0 Å². The van der Waals surface area contributed by atoms with Crippen LogP contribution >= 0.6 is 23.1 Å². The first-order valence-electron chi connectivity index (χ1n) is 8.49. The number of thiophene rings is 1. The van der Waals surface area contributed by atoms with Gasteiger partial charge in [-0.15, -0.1) is 23.1 Å². The van der Waals surface area contributed by atoms with E-state index in [0.717, 1.165) is 4.90 Å². The lowest BCUT2D eigenvalue weighted by atomic mass is 10.0. The van der Waals surface area contributed by atoms with Gasteiger partial charge in [-0.2, -0.15) is 0 Å². The van der Waals surface area contributed by atoms with E-state index in [1.165, 1.54) is 23.1 Å². The largest absolute Gasteiger partial charge is 0.477 e. The third kappa shape index (κ3) is 4.32. The second-order valence-corrected chi connectivity index (χ2v) is 10.5. The van der Waals surface area contributed by atoms with Crippen molar-refractivity contribution in [3.05, 3.63) is 39.2 Å². The Hall–Kier alpha value is -2.34. The highest BCUT2D eigenvalue weighted by Crippen LogP contribution is 2.40. The minimum absolute atomic E-state index is 0.0184. The lowest BCUT2D eigenvalue weighted by Crippen LogP contribution is -2.70. The molecule has 2 aliphatic rings. The number of thioether (sulfide) groups is 1. The molecule has 0 radical (unpaired) electrons. The molecule has 1 saturated heterocycles. The lowest BCUT2D eigenvalue weighted by molar-refractivity contribution is -0.150. The highest BCUT2D eigenvalue weighted by Gasteiger charge is 2.54. The number of amides is 2. The highest BCUT2D eigenvalue weighted by molar-refractivity contribution is 8.00. The van der Waals surface area contributed by atoms with Crippen molar-refractivity contribution < 1.29 is 23.7 Å². The van der Waals surface area contributed by atoms with Crippen LogP contribution in [0, 0.1) is 0 Å². The molecule has 0 spiro atoms. The van der Waals surface area contributed by atoms with Crippen LogP contribution in [0.3, 0.4) is 0 Å². The summed E-state index contributed by atoms with van der Waals surface area (Å²) in [6, 6.07) is 2.69. The topological polar surface area (TPSA) is 153 Å². The van der Waals surface area contributed by atoms with Crippen LogP contribution in [0.1, 0.15) is 13.3 Å². The van der Waals surface area contributed by atoms with E-state index in [4.69, 9.17) is 5.53 Å². The molecule has 1 fully saturated rings. The summed E-state index contributed by atoms with van der Waals surface area (Å²) in [5.41, 5.74) is 8.62. The fourth-order valence-electron chi connectivity index (χ4n) is 3.07. The first-order valence-corrected chi connectivity index (χ1v) is 11.6. The van der Waals surface area contributed by atoms with E-state index in [0.29, 0.717) is 9.78 Å². The molecule has 0 bridgehead atoms. The summed E-state index contributed by atoms with van der Waals surface area (Å²) in [5.74, 6) is -1.95. The molecule has 1 aromatic rings. The van der Waals surface area contributed by atoms with Crippen molar-refractivity contribution in [2.24, 2.45) is 5.11 Å². The number of nitrogens with zero attached hydrogens (tertiary/aromatic N) is 4. The minimum Gasteiger partial charge on any atom is -0.477 e. The number of carbonyl (C=O) groups excluding carboxylic acids is 2. The summed E-state index contributed by atoms with van der Waals surface area (Å²) in [7, 11) is -1.32. The molecule has 2 amide bonds. The summed E-state index contributed by atoms with van der Waals surface area (Å²) < 4.78 is 13.1. The zero-order valence-corrected chi connectivity index (χ0v) is 17.6. The average Bonchev–Trinajstić information content (AvgIpc) is 3.23. The van der Waals surface area contributed by atoms with Crippen LogP contribution in [-0.2, 0) is 25.2 Å². The van der Waals surface area contributed by atoms with E-state index in [1.54, 1.807) is 19.1 Å². The van der Waals surface area contributed by atoms with Crippen molar-refractivity contribution in [1.29, 1.82) is 0 Å². The fraction of sp³-hybridized carbons (Fsp3) is 0.438. The van der Waals surface area contributed by atoms with Gasteiger partial charge in [-0.1, -0.05) is 11.2 Å². The minimum atomic E-state index is -1.32. The zero-order valence-electron chi connectivity index (χ0n) is 15.2. The van der Waals surface area contributed by atoms with Gasteiger partial charge in [0, 0.05) is 22.3 Å². The van der Waals surface area contributed by atoms with Crippen molar-refractivity contribution in [2.75, 3.05) is 12.3 Å². The molecule has 2 N–H and O–H groups in total. The number of carboxylic acid groups (broad SMARTS) is 1. The van der Waals surface area contributed by atoms with Crippen LogP contribution in [-0.4, -0.2) is 61.0 Å². The van der Waals surface area contributed by atoms with Gasteiger partial charge in [0.25, 0.3) is 5.91 Å². The van der Waals surface area contributed by atoms with Crippen LogP contribution in [0.4, 0.5) is 0 Å². The molecule has 4 atom stereocenters. The Kier molecular flexibility index (Phi) is 6.63. The summed E-state index contributed by atoms with van der Waals surface area (Å²) in [6.07, 6.45) is -0.0184. The lowest BCUT2D eigenvalue weighted by Gasteiger charge is -2.49. The van der Waals surface area contributed by atoms with Crippen molar-refractivity contribution in [3.8, 4) is 0 Å². The first-order chi connectivity index (χ1) is 13.8. The molecule has 10 nitrogen and oxygen atoms in total. The van der Waals surface area contributed by atoms with Gasteiger partial charge in [0.15, 0.2) is 0 Å². The van der Waals surface area contributed by atoms with Gasteiger partial charge < -0.3 is 10.4 Å². The highest BCUT2D eigenvalue weighted by atomic mass is 32.2. The molecule has 3 heterocycles. The normalized spacial score (nSPS) is 22.8. The van der Waals surface area contributed by atoms with E-state index in [1.807, 2.05) is 5.38 Å². The Morgan fingerprint density at radius 1 is 1.55 bits per heavy atom. The predicted molar refractivity (Wildman–Crippen MR) is 109 cm³/mol. The standard InChI is InChI=1S/C16H17N5O5S3/c1-8(29(26)11-3-2-4-27-11)5-10(22)19-12-14(23)21-13(16(24)25)9(6-18-20-17)7-28-15(12)21/h2-4,8,12,15H,5-7H2,1H3,(H,19,22)(H,24,25)/t8?,12?,15-,29?/m1/s1. The Labute approximate surface area is 176 Å². The van der Waals surface area contributed by atoms with E-state index in [-0.39, 0.29) is 24.4 Å². The van der Waals surface area contributed by atoms with E-state index in [2.05, 4.69) is 15.3 Å². The number of β-lactam (4-membered cyclic amide) rings is 1. The van der Waals surface area contributed by atoms with Crippen LogP contribution in [0.2, 0.25) is 0 Å². The molecule has 3 rings (SSSR count). The third-order valence-electron chi connectivity index (χ3n) is 4.42. The maximum atomic E-state index is 12.5. The summed E-state index contributed by atoms with van der Waals surface area (Å²) >= 11 is 2.65. The average molecular weight is 456 g/mol. The predicted octanol–water partition coefficient (Wildman–Crippen LogP) is 1.68. The molecular formula is C16H17N5O5S3. The Morgan fingerprint density at radius 3 is 2.93 bits per heavy atom. The number of carboxylic acids is 1. The summed E-state index contributed by atoms with van der Waals surface area (Å²) in [5, 5.41) is 16.3. The number of rotatable bonds is 8. The van der Waals surface area contributed by atoms with Gasteiger partial charge in [0.05, 0.1) is 21.6 Å². The first kappa shape index (κ1) is 21.4. The molecule has 1 aromatic heterocycles. The fourth-order valence-corrected chi connectivity index (χ4v) is 6.80. The molecular weight excluding hydrogens is 438 g/mol. The second-order valence-electron chi connectivity index (χ2n) is 6.35. The SMILES string of the molecule is CC(CC(=O)NC1C(=O)N2C(C(=O)O)=C(CN=[N+]=[N-])CS[C@H]12)S(=O)c1cccs1. The zero-order chi connectivity index (χ0) is 21.1. The molecule has 13 heteroatoms. The van der Waals surface area contributed by atoms with Gasteiger partial charge in [-0.25, -0.2) is 4.79 Å². The van der Waals surface area contributed by atoms with Crippen molar-refractivity contribution in [3.63, 3.8) is 0 Å². The number of azide groups is 1. The molecule has 3 unspecified atom stereocenters. The number of aliphatic carboxylic acids is 1. The van der Waals surface area contributed by atoms with Gasteiger partial charge >= 0.3 is 5.97 Å². The summed E-state index contributed by atoms with van der Waals surface area (Å²) in [6.45, 7) is 1.57. The number of hydrogen-bond acceptors (Lipinski definition) is 7. The van der Waals surface area contributed by atoms with Gasteiger partial charge in [0.2, 0.25) is 5.91 Å². The monoisotopic (exact) mass is 455 g/mol. The van der Waals surface area contributed by atoms with Crippen molar-refractivity contribution in [2.45, 2.75) is 34.2 Å². The van der Waals surface area contributed by atoms with E-state index in [9.17, 15) is 23.7 Å². The Morgan fingerprint density at radius 2 is 2.31 bits per heavy atom. The van der Waals surface area contributed by atoms with Gasteiger partial charge in [-0.3, -0.25) is 18.7 Å². The molecule has 2 aliphatic heterocycles. The maximum Gasteiger partial charge on any atom is 0.352 e. The molecule has 0 aromatic carbocycles. The number of hydrogen-bond donors (Lipinski definition) is 2.